The molecular weight excluding hydrogens is 251 g/mol. The minimum Gasteiger partial charge on any atom is -0.382 e. The van der Waals surface area contributed by atoms with Crippen molar-refractivity contribution in [2.45, 2.75) is 19.3 Å². The Balaban J connectivity index is 2.65. The molecule has 4 heteroatoms. The first kappa shape index (κ1) is 9.28. The molecule has 0 bridgehead atoms. The topological polar surface area (TPSA) is 24.9 Å². The lowest BCUT2D eigenvalue weighted by molar-refractivity contribution is 0.569. The number of hydrogen-bond acceptors (Lipinski definition) is 2. The van der Waals surface area contributed by atoms with Gasteiger partial charge in [0.15, 0.2) is 0 Å². The van der Waals surface area contributed by atoms with Crippen molar-refractivity contribution in [1.82, 2.24) is 4.98 Å². The summed E-state index contributed by atoms with van der Waals surface area (Å²) in [5.41, 5.74) is 2.20. The number of hydrogen-bond donors (Lipinski definition) is 1. The summed E-state index contributed by atoms with van der Waals surface area (Å²) in [4.78, 5) is 4.34. The number of anilines is 1. The number of nitrogens with one attached hydrogen (secondary N) is 1. The Morgan fingerprint density at radius 2 is 2.31 bits per heavy atom. The van der Waals surface area contributed by atoms with Crippen LogP contribution in [0.25, 0.3) is 0 Å². The number of halogens is 2. The van der Waals surface area contributed by atoms with Crippen molar-refractivity contribution in [3.05, 3.63) is 21.4 Å². The van der Waals surface area contributed by atoms with E-state index in [0.29, 0.717) is 5.15 Å². The fourth-order valence-corrected chi connectivity index (χ4v) is 2.41. The third kappa shape index (κ3) is 1.44. The predicted octanol–water partition coefficient (Wildman–Crippen LogP) is 3.20. The second-order valence-corrected chi connectivity index (χ2v) is 5.13. The van der Waals surface area contributed by atoms with Gasteiger partial charge in [0.2, 0.25) is 0 Å². The highest BCUT2D eigenvalue weighted by molar-refractivity contribution is 9.10. The molecule has 1 aliphatic heterocycles. The molecule has 1 N–H and O–H groups in total. The first-order chi connectivity index (χ1) is 6.00. The van der Waals surface area contributed by atoms with E-state index in [1.165, 1.54) is 0 Å². The Labute approximate surface area is 90.8 Å². The van der Waals surface area contributed by atoms with Gasteiger partial charge in [-0.15, -0.1) is 0 Å². The van der Waals surface area contributed by atoms with Crippen molar-refractivity contribution in [3.63, 3.8) is 0 Å². The lowest BCUT2D eigenvalue weighted by Crippen LogP contribution is -2.20. The zero-order valence-electron chi connectivity index (χ0n) is 7.49. The van der Waals surface area contributed by atoms with Crippen LogP contribution in [-0.4, -0.2) is 11.5 Å². The van der Waals surface area contributed by atoms with Gasteiger partial charge in [-0.1, -0.05) is 25.4 Å². The zero-order valence-corrected chi connectivity index (χ0v) is 9.83. The minimum atomic E-state index is 0.0722. The number of pyridine rings is 1. The molecule has 1 aromatic heterocycles. The fraction of sp³-hybridized carbons (Fsp3) is 0.444. The number of aromatic nitrogens is 1. The number of rotatable bonds is 0. The Hall–Kier alpha value is -0.280. The molecule has 0 aromatic carbocycles. The van der Waals surface area contributed by atoms with Crippen molar-refractivity contribution < 1.29 is 0 Å². The van der Waals surface area contributed by atoms with Crippen LogP contribution in [0.1, 0.15) is 19.5 Å². The molecule has 70 valence electrons. The van der Waals surface area contributed by atoms with Crippen molar-refractivity contribution in [1.29, 1.82) is 0 Å². The van der Waals surface area contributed by atoms with Crippen LogP contribution in [0.5, 0.6) is 0 Å². The number of nitrogens with zero attached hydrogens (tertiary/aromatic N) is 1. The van der Waals surface area contributed by atoms with E-state index in [2.05, 4.69) is 40.1 Å². The van der Waals surface area contributed by atoms with Crippen LogP contribution >= 0.6 is 27.5 Å². The average molecular weight is 262 g/mol. The van der Waals surface area contributed by atoms with Crippen molar-refractivity contribution >= 4 is 33.2 Å². The highest BCUT2D eigenvalue weighted by Crippen LogP contribution is 2.40. The van der Waals surface area contributed by atoms with Gasteiger partial charge < -0.3 is 5.32 Å². The van der Waals surface area contributed by atoms with Crippen molar-refractivity contribution in [2.75, 3.05) is 11.9 Å². The van der Waals surface area contributed by atoms with Crippen LogP contribution in [0.2, 0.25) is 5.15 Å². The van der Waals surface area contributed by atoms with Crippen LogP contribution in [-0.2, 0) is 5.41 Å². The maximum absolute atomic E-state index is 5.89. The van der Waals surface area contributed by atoms with E-state index in [0.717, 1.165) is 22.4 Å². The molecule has 0 saturated heterocycles. The molecule has 0 spiro atoms. The lowest BCUT2D eigenvalue weighted by Gasteiger charge is -2.15. The Bertz CT molecular complexity index is 363. The number of fused-ring (bicyclic) bond motifs is 1. The summed E-state index contributed by atoms with van der Waals surface area (Å²) in [5.74, 6) is 0. The van der Waals surface area contributed by atoms with E-state index >= 15 is 0 Å². The van der Waals surface area contributed by atoms with E-state index in [1.54, 1.807) is 0 Å². The third-order valence-electron chi connectivity index (χ3n) is 2.29. The maximum Gasteiger partial charge on any atom is 0.130 e. The van der Waals surface area contributed by atoms with E-state index in [1.807, 2.05) is 6.07 Å². The highest BCUT2D eigenvalue weighted by Gasteiger charge is 2.32. The van der Waals surface area contributed by atoms with Crippen molar-refractivity contribution in [2.24, 2.45) is 0 Å². The zero-order chi connectivity index (χ0) is 9.64. The molecule has 1 aliphatic rings. The quantitative estimate of drug-likeness (QED) is 0.726. The molecule has 0 unspecified atom stereocenters. The van der Waals surface area contributed by atoms with Gasteiger partial charge in [0, 0.05) is 16.4 Å². The van der Waals surface area contributed by atoms with Crippen molar-refractivity contribution in [3.8, 4) is 0 Å². The summed E-state index contributed by atoms with van der Waals surface area (Å²) >= 11 is 9.35. The molecular formula is C9H10BrClN2. The molecule has 2 heterocycles. The van der Waals surface area contributed by atoms with Gasteiger partial charge in [0.05, 0.1) is 11.4 Å². The van der Waals surface area contributed by atoms with E-state index in [4.69, 9.17) is 11.6 Å². The first-order valence-electron chi connectivity index (χ1n) is 4.11. The lowest BCUT2D eigenvalue weighted by atomic mass is 9.91. The Morgan fingerprint density at radius 3 is 3.00 bits per heavy atom. The van der Waals surface area contributed by atoms with Gasteiger partial charge in [0.1, 0.15) is 5.15 Å². The average Bonchev–Trinajstić information content (AvgIpc) is 2.28. The van der Waals surface area contributed by atoms with Crippen LogP contribution in [0, 0.1) is 0 Å². The summed E-state index contributed by atoms with van der Waals surface area (Å²) in [6.07, 6.45) is 0. The Kier molecular flexibility index (Phi) is 2.04. The first-order valence-corrected chi connectivity index (χ1v) is 5.28. The summed E-state index contributed by atoms with van der Waals surface area (Å²) in [6.45, 7) is 5.22. The fourth-order valence-electron chi connectivity index (χ4n) is 1.54. The normalized spacial score (nSPS) is 18.2. The van der Waals surface area contributed by atoms with Gasteiger partial charge in [-0.05, 0) is 22.0 Å². The summed E-state index contributed by atoms with van der Waals surface area (Å²) in [6, 6.07) is 1.81. The molecule has 0 radical (unpaired) electrons. The SMILES string of the molecule is CC1(C)CNc2c(Br)cc(Cl)nc21. The van der Waals surface area contributed by atoms with Gasteiger partial charge >= 0.3 is 0 Å². The predicted molar refractivity (Wildman–Crippen MR) is 58.5 cm³/mol. The molecule has 0 atom stereocenters. The molecule has 2 rings (SSSR count). The standard InChI is InChI=1S/C9H10BrClN2/c1-9(2)4-12-7-5(10)3-6(11)13-8(7)9/h3,12H,4H2,1-2H3. The van der Waals surface area contributed by atoms with Gasteiger partial charge in [0.25, 0.3) is 0 Å². The Morgan fingerprint density at radius 1 is 1.62 bits per heavy atom. The second-order valence-electron chi connectivity index (χ2n) is 3.89. The molecule has 2 nitrogen and oxygen atoms in total. The highest BCUT2D eigenvalue weighted by atomic mass is 79.9. The smallest absolute Gasteiger partial charge is 0.130 e. The summed E-state index contributed by atoms with van der Waals surface area (Å²) in [5, 5.41) is 3.86. The van der Waals surface area contributed by atoms with Crippen LogP contribution in [0.4, 0.5) is 5.69 Å². The van der Waals surface area contributed by atoms with Crippen LogP contribution in [0.15, 0.2) is 10.5 Å². The van der Waals surface area contributed by atoms with Crippen LogP contribution < -0.4 is 5.32 Å². The van der Waals surface area contributed by atoms with E-state index in [-0.39, 0.29) is 5.41 Å². The van der Waals surface area contributed by atoms with E-state index < -0.39 is 0 Å². The largest absolute Gasteiger partial charge is 0.382 e. The minimum absolute atomic E-state index is 0.0722. The monoisotopic (exact) mass is 260 g/mol. The van der Waals surface area contributed by atoms with Gasteiger partial charge in [-0.2, -0.15) is 0 Å². The second kappa shape index (κ2) is 2.85. The van der Waals surface area contributed by atoms with E-state index in [9.17, 15) is 0 Å². The molecule has 0 amide bonds. The third-order valence-corrected chi connectivity index (χ3v) is 3.11. The van der Waals surface area contributed by atoms with Crippen LogP contribution in [0.3, 0.4) is 0 Å². The molecule has 0 fully saturated rings. The molecule has 13 heavy (non-hydrogen) atoms. The summed E-state index contributed by atoms with van der Waals surface area (Å²) in [7, 11) is 0. The molecule has 0 saturated carbocycles. The maximum atomic E-state index is 5.89. The molecule has 1 aromatic rings. The van der Waals surface area contributed by atoms with Gasteiger partial charge in [-0.3, -0.25) is 0 Å². The van der Waals surface area contributed by atoms with Gasteiger partial charge in [-0.25, -0.2) is 4.98 Å². The molecule has 0 aliphatic carbocycles. The summed E-state index contributed by atoms with van der Waals surface area (Å²) < 4.78 is 0.994.